The highest BCUT2D eigenvalue weighted by Crippen LogP contribution is 2.20. The molecule has 0 saturated heterocycles. The molecule has 0 aromatic heterocycles. The standard InChI is InChI=1S/C16H24O/c1-6-13-8-9-15(10-14(13)7-2)16(17)12(5)11(3)4/h8-12H,6-7H2,1-5H3. The third-order valence-electron chi connectivity index (χ3n) is 3.67. The summed E-state index contributed by atoms with van der Waals surface area (Å²) in [7, 11) is 0. The van der Waals surface area contributed by atoms with E-state index in [2.05, 4.69) is 39.8 Å². The largest absolute Gasteiger partial charge is 0.294 e. The number of carbonyl (C=O) groups is 1. The molecule has 1 atom stereocenters. The van der Waals surface area contributed by atoms with Crippen molar-refractivity contribution in [1.29, 1.82) is 0 Å². The van der Waals surface area contributed by atoms with Crippen molar-refractivity contribution in [3.05, 3.63) is 34.9 Å². The van der Waals surface area contributed by atoms with Crippen LogP contribution in [0.4, 0.5) is 0 Å². The summed E-state index contributed by atoms with van der Waals surface area (Å²) in [5.41, 5.74) is 3.55. The van der Waals surface area contributed by atoms with Gasteiger partial charge in [0.05, 0.1) is 0 Å². The van der Waals surface area contributed by atoms with E-state index in [0.29, 0.717) is 5.92 Å². The lowest BCUT2D eigenvalue weighted by Crippen LogP contribution is -2.17. The van der Waals surface area contributed by atoms with Crippen LogP contribution in [-0.4, -0.2) is 5.78 Å². The van der Waals surface area contributed by atoms with Crippen LogP contribution >= 0.6 is 0 Å². The summed E-state index contributed by atoms with van der Waals surface area (Å²) < 4.78 is 0. The predicted octanol–water partition coefficient (Wildman–Crippen LogP) is 4.29. The van der Waals surface area contributed by atoms with Crippen LogP contribution in [0.15, 0.2) is 18.2 Å². The number of hydrogen-bond donors (Lipinski definition) is 0. The van der Waals surface area contributed by atoms with Crippen molar-refractivity contribution in [2.24, 2.45) is 11.8 Å². The number of Topliss-reactive ketones (excluding diaryl/α,β-unsaturated/α-hetero) is 1. The zero-order valence-corrected chi connectivity index (χ0v) is 11.7. The van der Waals surface area contributed by atoms with E-state index >= 15 is 0 Å². The lowest BCUT2D eigenvalue weighted by atomic mass is 9.88. The Kier molecular flexibility index (Phi) is 4.92. The molecule has 0 bridgehead atoms. The summed E-state index contributed by atoms with van der Waals surface area (Å²) >= 11 is 0. The highest BCUT2D eigenvalue weighted by atomic mass is 16.1. The van der Waals surface area contributed by atoms with E-state index in [1.165, 1.54) is 11.1 Å². The molecule has 17 heavy (non-hydrogen) atoms. The number of ketones is 1. The summed E-state index contributed by atoms with van der Waals surface area (Å²) in [5.74, 6) is 0.781. The van der Waals surface area contributed by atoms with E-state index in [0.717, 1.165) is 18.4 Å². The Morgan fingerprint density at radius 3 is 2.12 bits per heavy atom. The van der Waals surface area contributed by atoms with Crippen molar-refractivity contribution in [3.63, 3.8) is 0 Å². The molecule has 94 valence electrons. The van der Waals surface area contributed by atoms with Gasteiger partial charge in [-0.15, -0.1) is 0 Å². The molecule has 0 aliphatic heterocycles. The third-order valence-corrected chi connectivity index (χ3v) is 3.67. The van der Waals surface area contributed by atoms with E-state index in [4.69, 9.17) is 0 Å². The number of benzene rings is 1. The second kappa shape index (κ2) is 6.00. The van der Waals surface area contributed by atoms with E-state index in [1.54, 1.807) is 0 Å². The minimum absolute atomic E-state index is 0.104. The Morgan fingerprint density at radius 1 is 1.06 bits per heavy atom. The molecule has 0 aliphatic rings. The van der Waals surface area contributed by atoms with Crippen LogP contribution < -0.4 is 0 Å². The molecular weight excluding hydrogens is 208 g/mol. The van der Waals surface area contributed by atoms with Crippen molar-refractivity contribution in [1.82, 2.24) is 0 Å². The number of hydrogen-bond acceptors (Lipinski definition) is 1. The van der Waals surface area contributed by atoms with Crippen molar-refractivity contribution < 1.29 is 4.79 Å². The molecule has 0 amide bonds. The summed E-state index contributed by atoms with van der Waals surface area (Å²) in [6.07, 6.45) is 2.04. The van der Waals surface area contributed by atoms with Crippen LogP contribution in [0.5, 0.6) is 0 Å². The van der Waals surface area contributed by atoms with E-state index < -0.39 is 0 Å². The fourth-order valence-electron chi connectivity index (χ4n) is 2.02. The Balaban J connectivity index is 3.03. The van der Waals surface area contributed by atoms with Gasteiger partial charge in [-0.25, -0.2) is 0 Å². The van der Waals surface area contributed by atoms with Gasteiger partial charge in [0.2, 0.25) is 0 Å². The smallest absolute Gasteiger partial charge is 0.165 e. The Morgan fingerprint density at radius 2 is 1.65 bits per heavy atom. The second-order valence-corrected chi connectivity index (χ2v) is 5.09. The second-order valence-electron chi connectivity index (χ2n) is 5.09. The molecule has 0 spiro atoms. The maximum atomic E-state index is 12.3. The van der Waals surface area contributed by atoms with E-state index in [-0.39, 0.29) is 11.7 Å². The molecule has 1 rings (SSSR count). The van der Waals surface area contributed by atoms with Crippen LogP contribution in [0.3, 0.4) is 0 Å². The van der Waals surface area contributed by atoms with E-state index in [9.17, 15) is 4.79 Å². The molecule has 1 heteroatoms. The Bertz CT molecular complexity index is 391. The first-order valence-electron chi connectivity index (χ1n) is 6.67. The fraction of sp³-hybridized carbons (Fsp3) is 0.562. The summed E-state index contributed by atoms with van der Waals surface area (Å²) in [6, 6.07) is 6.18. The monoisotopic (exact) mass is 232 g/mol. The fourth-order valence-corrected chi connectivity index (χ4v) is 2.02. The van der Waals surface area contributed by atoms with Gasteiger partial charge in [-0.05, 0) is 36.0 Å². The van der Waals surface area contributed by atoms with Gasteiger partial charge < -0.3 is 0 Å². The van der Waals surface area contributed by atoms with Crippen LogP contribution in [0, 0.1) is 11.8 Å². The number of aryl methyl sites for hydroxylation is 2. The SMILES string of the molecule is CCc1ccc(C(=O)C(C)C(C)C)cc1CC. The highest BCUT2D eigenvalue weighted by Gasteiger charge is 2.18. The first-order chi connectivity index (χ1) is 8.01. The zero-order chi connectivity index (χ0) is 13.0. The normalized spacial score (nSPS) is 12.8. The molecule has 0 radical (unpaired) electrons. The highest BCUT2D eigenvalue weighted by molar-refractivity contribution is 5.98. The summed E-state index contributed by atoms with van der Waals surface area (Å²) in [6.45, 7) is 10.5. The van der Waals surface area contributed by atoms with Gasteiger partial charge in [-0.2, -0.15) is 0 Å². The molecular formula is C16H24O. The lowest BCUT2D eigenvalue weighted by Gasteiger charge is -2.15. The number of carbonyl (C=O) groups excluding carboxylic acids is 1. The molecule has 1 aromatic carbocycles. The molecule has 0 aliphatic carbocycles. The van der Waals surface area contributed by atoms with Gasteiger partial charge in [0.15, 0.2) is 5.78 Å². The molecule has 0 N–H and O–H groups in total. The zero-order valence-electron chi connectivity index (χ0n) is 11.7. The van der Waals surface area contributed by atoms with Gasteiger partial charge in [-0.1, -0.05) is 46.8 Å². The number of rotatable bonds is 5. The molecule has 1 nitrogen and oxygen atoms in total. The maximum absolute atomic E-state index is 12.3. The summed E-state index contributed by atoms with van der Waals surface area (Å²) in [5, 5.41) is 0. The maximum Gasteiger partial charge on any atom is 0.165 e. The Labute approximate surface area is 105 Å². The van der Waals surface area contributed by atoms with Gasteiger partial charge in [-0.3, -0.25) is 4.79 Å². The quantitative estimate of drug-likeness (QED) is 0.692. The van der Waals surface area contributed by atoms with Gasteiger partial charge in [0, 0.05) is 11.5 Å². The van der Waals surface area contributed by atoms with Crippen molar-refractivity contribution in [3.8, 4) is 0 Å². The first-order valence-corrected chi connectivity index (χ1v) is 6.67. The average Bonchev–Trinajstić information content (AvgIpc) is 2.35. The molecule has 0 fully saturated rings. The van der Waals surface area contributed by atoms with Crippen molar-refractivity contribution in [2.45, 2.75) is 47.5 Å². The molecule has 0 saturated carbocycles. The van der Waals surface area contributed by atoms with Gasteiger partial charge in [0.25, 0.3) is 0 Å². The average molecular weight is 232 g/mol. The minimum atomic E-state index is 0.104. The topological polar surface area (TPSA) is 17.1 Å². The Hall–Kier alpha value is -1.11. The van der Waals surface area contributed by atoms with Crippen LogP contribution in [0.2, 0.25) is 0 Å². The minimum Gasteiger partial charge on any atom is -0.294 e. The van der Waals surface area contributed by atoms with Crippen LogP contribution in [0.25, 0.3) is 0 Å². The first kappa shape index (κ1) is 14.0. The predicted molar refractivity (Wildman–Crippen MR) is 73.5 cm³/mol. The van der Waals surface area contributed by atoms with Crippen molar-refractivity contribution in [2.75, 3.05) is 0 Å². The van der Waals surface area contributed by atoms with Crippen molar-refractivity contribution >= 4 is 5.78 Å². The van der Waals surface area contributed by atoms with Gasteiger partial charge in [0.1, 0.15) is 0 Å². The summed E-state index contributed by atoms with van der Waals surface area (Å²) in [4.78, 5) is 12.3. The van der Waals surface area contributed by atoms with Crippen LogP contribution in [0.1, 0.15) is 56.1 Å². The molecule has 1 aromatic rings. The molecule has 0 heterocycles. The lowest BCUT2D eigenvalue weighted by molar-refractivity contribution is 0.0899. The van der Waals surface area contributed by atoms with Crippen LogP contribution in [-0.2, 0) is 12.8 Å². The third kappa shape index (κ3) is 3.18. The van der Waals surface area contributed by atoms with E-state index in [1.807, 2.05) is 13.0 Å². The molecule has 1 unspecified atom stereocenters. The van der Waals surface area contributed by atoms with Gasteiger partial charge >= 0.3 is 0 Å².